The van der Waals surface area contributed by atoms with Crippen molar-refractivity contribution < 1.29 is 25.2 Å². The number of carbonyl (C=O) groups is 1. The molecule has 0 aliphatic carbocycles. The maximum atomic E-state index is 12.3. The monoisotopic (exact) mass is 656 g/mol. The minimum absolute atomic E-state index is 0.374. The number of aliphatic hydroxyl groups is 4. The van der Waals surface area contributed by atoms with Gasteiger partial charge in [-0.1, -0.05) is 206 Å². The molecule has 0 spiro atoms. The van der Waals surface area contributed by atoms with E-state index in [4.69, 9.17) is 0 Å². The van der Waals surface area contributed by atoms with Crippen LogP contribution in [0.25, 0.3) is 0 Å². The van der Waals surface area contributed by atoms with E-state index in [0.29, 0.717) is 12.8 Å². The van der Waals surface area contributed by atoms with Gasteiger partial charge in [0.15, 0.2) is 0 Å². The summed E-state index contributed by atoms with van der Waals surface area (Å²) < 4.78 is 0. The first kappa shape index (κ1) is 45.3. The summed E-state index contributed by atoms with van der Waals surface area (Å²) in [7, 11) is 0. The third-order valence-electron chi connectivity index (χ3n) is 9.82. The van der Waals surface area contributed by atoms with Crippen LogP contribution in [0.1, 0.15) is 219 Å². The summed E-state index contributed by atoms with van der Waals surface area (Å²) in [6.07, 6.45) is 36.4. The van der Waals surface area contributed by atoms with Gasteiger partial charge in [-0.3, -0.25) is 4.79 Å². The third-order valence-corrected chi connectivity index (χ3v) is 9.82. The minimum atomic E-state index is -1.25. The highest BCUT2D eigenvalue weighted by Crippen LogP contribution is 2.17. The molecule has 0 aromatic heterocycles. The maximum absolute atomic E-state index is 12.3. The van der Waals surface area contributed by atoms with Crippen LogP contribution in [-0.4, -0.2) is 57.3 Å². The first-order valence-corrected chi connectivity index (χ1v) is 20.4. The summed E-state index contributed by atoms with van der Waals surface area (Å²) in [4.78, 5) is 12.3. The molecular formula is C40H81NO5. The van der Waals surface area contributed by atoms with Crippen LogP contribution in [0.15, 0.2) is 0 Å². The van der Waals surface area contributed by atoms with Gasteiger partial charge < -0.3 is 25.7 Å². The topological polar surface area (TPSA) is 110 Å². The number of rotatable bonds is 37. The van der Waals surface area contributed by atoms with Crippen LogP contribution in [0.5, 0.6) is 0 Å². The Kier molecular flexibility index (Phi) is 35.1. The third kappa shape index (κ3) is 29.4. The maximum Gasteiger partial charge on any atom is 0.249 e. The summed E-state index contributed by atoms with van der Waals surface area (Å²) in [5.41, 5.74) is 0. The van der Waals surface area contributed by atoms with Crippen molar-refractivity contribution in [2.75, 3.05) is 6.61 Å². The predicted molar refractivity (Wildman–Crippen MR) is 196 cm³/mol. The van der Waals surface area contributed by atoms with Crippen LogP contribution in [0.2, 0.25) is 0 Å². The average molecular weight is 656 g/mol. The molecular weight excluding hydrogens is 574 g/mol. The van der Waals surface area contributed by atoms with E-state index >= 15 is 0 Å². The molecule has 46 heavy (non-hydrogen) atoms. The van der Waals surface area contributed by atoms with Crippen LogP contribution in [0.4, 0.5) is 0 Å². The Labute approximate surface area is 286 Å². The zero-order chi connectivity index (χ0) is 33.9. The second-order valence-electron chi connectivity index (χ2n) is 14.3. The molecule has 276 valence electrons. The highest BCUT2D eigenvalue weighted by atomic mass is 16.3. The molecule has 0 aromatic carbocycles. The Hall–Kier alpha value is -0.690. The molecule has 0 saturated heterocycles. The van der Waals surface area contributed by atoms with Gasteiger partial charge in [0.2, 0.25) is 5.91 Å². The normalized spacial score (nSPS) is 14.3. The molecule has 0 aromatic rings. The molecule has 0 saturated carbocycles. The first-order valence-electron chi connectivity index (χ1n) is 20.4. The van der Waals surface area contributed by atoms with Crippen molar-refractivity contribution in [3.8, 4) is 0 Å². The smallest absolute Gasteiger partial charge is 0.249 e. The van der Waals surface area contributed by atoms with E-state index in [1.807, 2.05) is 0 Å². The van der Waals surface area contributed by atoms with E-state index in [0.717, 1.165) is 44.9 Å². The van der Waals surface area contributed by atoms with Crippen molar-refractivity contribution >= 4 is 5.91 Å². The molecule has 4 unspecified atom stereocenters. The lowest BCUT2D eigenvalue weighted by Crippen LogP contribution is -2.53. The van der Waals surface area contributed by atoms with Gasteiger partial charge in [-0.25, -0.2) is 0 Å². The standard InChI is InChI=1S/C40H81NO5/c1-3-5-7-9-10-11-12-13-14-15-16-17-18-19-20-21-22-23-24-25-26-27-28-29-30-32-34-38(44)40(46)41-36(35-42)39(45)37(43)33-31-8-6-4-2/h36-39,42-45H,3-35H2,1-2H3,(H,41,46). The van der Waals surface area contributed by atoms with Crippen molar-refractivity contribution in [2.24, 2.45) is 0 Å². The molecule has 4 atom stereocenters. The van der Waals surface area contributed by atoms with Gasteiger partial charge >= 0.3 is 0 Å². The van der Waals surface area contributed by atoms with Gasteiger partial charge in [-0.2, -0.15) is 0 Å². The van der Waals surface area contributed by atoms with Crippen LogP contribution < -0.4 is 5.32 Å². The van der Waals surface area contributed by atoms with Crippen LogP contribution in [0.3, 0.4) is 0 Å². The lowest BCUT2D eigenvalue weighted by atomic mass is 9.99. The Bertz CT molecular complexity index is 618. The van der Waals surface area contributed by atoms with Gasteiger partial charge in [0, 0.05) is 0 Å². The lowest BCUT2D eigenvalue weighted by Gasteiger charge is -2.27. The van der Waals surface area contributed by atoms with Crippen LogP contribution >= 0.6 is 0 Å². The van der Waals surface area contributed by atoms with Gasteiger partial charge in [0.25, 0.3) is 0 Å². The number of nitrogens with one attached hydrogen (secondary N) is 1. The number of carbonyl (C=O) groups excluding carboxylic acids is 1. The van der Waals surface area contributed by atoms with Gasteiger partial charge in [0.05, 0.1) is 18.8 Å². The molecule has 6 nitrogen and oxygen atoms in total. The Balaban J connectivity index is 3.48. The number of unbranched alkanes of at least 4 members (excludes halogenated alkanes) is 28. The highest BCUT2D eigenvalue weighted by Gasteiger charge is 2.28. The molecule has 0 bridgehead atoms. The van der Waals surface area contributed by atoms with E-state index in [1.54, 1.807) is 0 Å². The fraction of sp³-hybridized carbons (Fsp3) is 0.975. The second kappa shape index (κ2) is 35.6. The number of hydrogen-bond donors (Lipinski definition) is 5. The van der Waals surface area contributed by atoms with Gasteiger partial charge in [-0.05, 0) is 12.8 Å². The number of amides is 1. The van der Waals surface area contributed by atoms with E-state index < -0.39 is 36.9 Å². The molecule has 0 radical (unpaired) electrons. The molecule has 0 aliphatic rings. The Morgan fingerprint density at radius 1 is 0.457 bits per heavy atom. The molecule has 0 aliphatic heterocycles. The predicted octanol–water partition coefficient (Wildman–Crippen LogP) is 10.1. The first-order chi connectivity index (χ1) is 22.5. The van der Waals surface area contributed by atoms with E-state index in [2.05, 4.69) is 19.2 Å². The summed E-state index contributed by atoms with van der Waals surface area (Å²) in [6, 6.07) is -0.975. The molecule has 0 fully saturated rings. The summed E-state index contributed by atoms with van der Waals surface area (Å²) >= 11 is 0. The van der Waals surface area contributed by atoms with Crippen molar-refractivity contribution in [3.63, 3.8) is 0 Å². The SMILES string of the molecule is CCCCCCCCCCCCCCCCCCCCCCCCCCCCC(O)C(=O)NC(CO)C(O)C(O)CCCCCC. The van der Waals surface area contributed by atoms with E-state index in [-0.39, 0.29) is 0 Å². The van der Waals surface area contributed by atoms with Crippen molar-refractivity contribution in [3.05, 3.63) is 0 Å². The van der Waals surface area contributed by atoms with E-state index in [1.165, 1.54) is 148 Å². The lowest BCUT2D eigenvalue weighted by molar-refractivity contribution is -0.132. The van der Waals surface area contributed by atoms with Crippen molar-refractivity contribution in [1.82, 2.24) is 5.32 Å². The summed E-state index contributed by atoms with van der Waals surface area (Å²) in [5, 5.41) is 42.9. The van der Waals surface area contributed by atoms with Gasteiger partial charge in [-0.15, -0.1) is 0 Å². The number of hydrogen-bond acceptors (Lipinski definition) is 5. The number of aliphatic hydroxyl groups excluding tert-OH is 4. The Morgan fingerprint density at radius 2 is 0.739 bits per heavy atom. The van der Waals surface area contributed by atoms with Crippen molar-refractivity contribution in [1.29, 1.82) is 0 Å². The quantitative estimate of drug-likeness (QED) is 0.0428. The highest BCUT2D eigenvalue weighted by molar-refractivity contribution is 5.80. The van der Waals surface area contributed by atoms with Crippen LogP contribution in [-0.2, 0) is 4.79 Å². The zero-order valence-electron chi connectivity index (χ0n) is 30.8. The zero-order valence-corrected chi connectivity index (χ0v) is 30.8. The molecule has 0 heterocycles. The largest absolute Gasteiger partial charge is 0.394 e. The molecule has 0 rings (SSSR count). The van der Waals surface area contributed by atoms with Crippen LogP contribution in [0, 0.1) is 0 Å². The fourth-order valence-electron chi connectivity index (χ4n) is 6.52. The summed E-state index contributed by atoms with van der Waals surface area (Å²) in [6.45, 7) is 3.92. The average Bonchev–Trinajstić information content (AvgIpc) is 3.06. The minimum Gasteiger partial charge on any atom is -0.394 e. The fourth-order valence-corrected chi connectivity index (χ4v) is 6.52. The summed E-state index contributed by atoms with van der Waals surface area (Å²) in [5.74, 6) is -0.587. The Morgan fingerprint density at radius 3 is 1.07 bits per heavy atom. The van der Waals surface area contributed by atoms with Gasteiger partial charge in [0.1, 0.15) is 12.2 Å². The molecule has 6 heteroatoms. The second-order valence-corrected chi connectivity index (χ2v) is 14.3. The van der Waals surface area contributed by atoms with Crippen molar-refractivity contribution in [2.45, 2.75) is 244 Å². The van der Waals surface area contributed by atoms with E-state index in [9.17, 15) is 25.2 Å². The molecule has 1 amide bonds. The molecule has 5 N–H and O–H groups in total.